The molecule has 0 amide bonds. The van der Waals surface area contributed by atoms with E-state index < -0.39 is 5.83 Å². The zero-order valence-electron chi connectivity index (χ0n) is 10.1. The molecule has 5 heteroatoms. The lowest BCUT2D eigenvalue weighted by Crippen LogP contribution is -2.12. The van der Waals surface area contributed by atoms with E-state index in [0.29, 0.717) is 6.42 Å². The van der Waals surface area contributed by atoms with Crippen LogP contribution in [-0.2, 0) is 4.74 Å². The van der Waals surface area contributed by atoms with Gasteiger partial charge in [0, 0.05) is 18.8 Å². The van der Waals surface area contributed by atoms with Crippen LogP contribution in [0.15, 0.2) is 65.4 Å². The van der Waals surface area contributed by atoms with Crippen molar-refractivity contribution in [1.82, 2.24) is 5.43 Å². The summed E-state index contributed by atoms with van der Waals surface area (Å²) in [7, 11) is 0. The minimum absolute atomic E-state index is 0.228. The normalized spacial score (nSPS) is 16.7. The monoisotopic (exact) mass is 249 g/mol. The Labute approximate surface area is 106 Å². The van der Waals surface area contributed by atoms with Gasteiger partial charge in [-0.3, -0.25) is 5.84 Å². The SMILES string of the molecule is C/C=C/C(=N/C=C/NN)OC1=C(F)C=CC=CC1. The van der Waals surface area contributed by atoms with Crippen molar-refractivity contribution in [3.05, 3.63) is 60.4 Å². The number of aliphatic imine (C=N–C) groups is 1. The number of ether oxygens (including phenoxy) is 1. The third-order valence-corrected chi connectivity index (χ3v) is 1.97. The van der Waals surface area contributed by atoms with Gasteiger partial charge in [0.05, 0.1) is 0 Å². The maximum atomic E-state index is 13.6. The van der Waals surface area contributed by atoms with Crippen molar-refractivity contribution in [3.63, 3.8) is 0 Å². The van der Waals surface area contributed by atoms with E-state index in [9.17, 15) is 4.39 Å². The molecule has 3 N–H and O–H groups in total. The molecule has 0 bridgehead atoms. The number of halogens is 1. The number of allylic oxidation sites excluding steroid dienone is 6. The van der Waals surface area contributed by atoms with Crippen molar-refractivity contribution < 1.29 is 9.13 Å². The van der Waals surface area contributed by atoms with E-state index >= 15 is 0 Å². The second-order valence-electron chi connectivity index (χ2n) is 3.31. The van der Waals surface area contributed by atoms with Crippen LogP contribution >= 0.6 is 0 Å². The third kappa shape index (κ3) is 4.80. The van der Waals surface area contributed by atoms with Crippen molar-refractivity contribution in [2.24, 2.45) is 10.8 Å². The predicted octanol–water partition coefficient (Wildman–Crippen LogP) is 2.61. The molecule has 0 aromatic carbocycles. The number of hydrogen-bond donors (Lipinski definition) is 2. The Morgan fingerprint density at radius 1 is 1.56 bits per heavy atom. The highest BCUT2D eigenvalue weighted by Crippen LogP contribution is 2.17. The molecule has 0 fully saturated rings. The molecule has 0 heterocycles. The van der Waals surface area contributed by atoms with Crippen LogP contribution in [0.1, 0.15) is 13.3 Å². The van der Waals surface area contributed by atoms with Gasteiger partial charge in [0.1, 0.15) is 5.76 Å². The summed E-state index contributed by atoms with van der Waals surface area (Å²) in [6.07, 6.45) is 13.2. The van der Waals surface area contributed by atoms with E-state index in [2.05, 4.69) is 10.4 Å². The van der Waals surface area contributed by atoms with Gasteiger partial charge in [0.15, 0.2) is 5.83 Å². The van der Waals surface area contributed by atoms with Crippen LogP contribution in [0.2, 0.25) is 0 Å². The molecular formula is C13H16FN3O. The van der Waals surface area contributed by atoms with Crippen molar-refractivity contribution >= 4 is 5.90 Å². The fourth-order valence-corrected chi connectivity index (χ4v) is 1.20. The lowest BCUT2D eigenvalue weighted by atomic mass is 10.3. The zero-order chi connectivity index (χ0) is 13.2. The Kier molecular flexibility index (Phi) is 6.21. The Morgan fingerprint density at radius 2 is 2.39 bits per heavy atom. The first-order chi connectivity index (χ1) is 8.77. The largest absolute Gasteiger partial charge is 0.440 e. The summed E-state index contributed by atoms with van der Waals surface area (Å²) < 4.78 is 19.0. The van der Waals surface area contributed by atoms with E-state index in [1.807, 2.05) is 13.0 Å². The van der Waals surface area contributed by atoms with Crippen LogP contribution < -0.4 is 11.3 Å². The third-order valence-electron chi connectivity index (χ3n) is 1.97. The number of nitrogens with one attached hydrogen (secondary N) is 1. The Bertz CT molecular complexity index is 445. The lowest BCUT2D eigenvalue weighted by molar-refractivity contribution is 0.384. The van der Waals surface area contributed by atoms with Crippen LogP contribution in [0.5, 0.6) is 0 Å². The van der Waals surface area contributed by atoms with Crippen molar-refractivity contribution in [2.45, 2.75) is 13.3 Å². The molecule has 0 aliphatic heterocycles. The molecule has 96 valence electrons. The lowest BCUT2D eigenvalue weighted by Gasteiger charge is -2.07. The van der Waals surface area contributed by atoms with Gasteiger partial charge in [-0.25, -0.2) is 9.38 Å². The van der Waals surface area contributed by atoms with Gasteiger partial charge in [0.2, 0.25) is 5.90 Å². The van der Waals surface area contributed by atoms with Gasteiger partial charge in [0.25, 0.3) is 0 Å². The Morgan fingerprint density at radius 3 is 3.11 bits per heavy atom. The molecule has 1 aliphatic rings. The summed E-state index contributed by atoms with van der Waals surface area (Å²) in [6.45, 7) is 1.82. The summed E-state index contributed by atoms with van der Waals surface area (Å²) in [5.41, 5.74) is 2.31. The van der Waals surface area contributed by atoms with Gasteiger partial charge in [-0.15, -0.1) is 0 Å². The van der Waals surface area contributed by atoms with Crippen LogP contribution in [0.4, 0.5) is 4.39 Å². The minimum atomic E-state index is -0.405. The van der Waals surface area contributed by atoms with Crippen molar-refractivity contribution in [2.75, 3.05) is 0 Å². The van der Waals surface area contributed by atoms with Gasteiger partial charge >= 0.3 is 0 Å². The van der Waals surface area contributed by atoms with E-state index in [4.69, 9.17) is 10.6 Å². The van der Waals surface area contributed by atoms with Crippen LogP contribution in [-0.4, -0.2) is 5.90 Å². The maximum absolute atomic E-state index is 13.6. The zero-order valence-corrected chi connectivity index (χ0v) is 10.1. The molecule has 0 unspecified atom stereocenters. The molecule has 0 aromatic rings. The summed E-state index contributed by atoms with van der Waals surface area (Å²) in [4.78, 5) is 4.00. The summed E-state index contributed by atoms with van der Waals surface area (Å²) >= 11 is 0. The molecule has 0 radical (unpaired) electrons. The first-order valence-corrected chi connectivity index (χ1v) is 5.49. The molecule has 1 aliphatic carbocycles. The molecule has 0 aromatic heterocycles. The van der Waals surface area contributed by atoms with E-state index in [1.165, 1.54) is 18.5 Å². The standard InChI is InChI=1S/C13H16FN3O/c1-2-6-13(16-9-10-17-15)18-12-8-5-3-4-7-11(12)14/h2-7,9-10,17H,8,15H2,1H3/b6-2+,10-9+,16-13-. The van der Waals surface area contributed by atoms with E-state index in [0.717, 1.165) is 0 Å². The van der Waals surface area contributed by atoms with Gasteiger partial charge in [-0.1, -0.05) is 24.3 Å². The highest BCUT2D eigenvalue weighted by Gasteiger charge is 2.08. The van der Waals surface area contributed by atoms with Gasteiger partial charge < -0.3 is 10.2 Å². The Balaban J connectivity index is 2.83. The fourth-order valence-electron chi connectivity index (χ4n) is 1.20. The topological polar surface area (TPSA) is 59.6 Å². The number of hydrogen-bond acceptors (Lipinski definition) is 4. The average Bonchev–Trinajstić information content (AvgIpc) is 2.55. The fraction of sp³-hybridized carbons (Fsp3) is 0.154. The van der Waals surface area contributed by atoms with E-state index in [1.54, 1.807) is 24.3 Å². The predicted molar refractivity (Wildman–Crippen MR) is 70.8 cm³/mol. The van der Waals surface area contributed by atoms with Crippen LogP contribution in [0.3, 0.4) is 0 Å². The molecule has 0 spiro atoms. The molecule has 1 rings (SSSR count). The number of nitrogens with zero attached hydrogens (tertiary/aromatic N) is 1. The highest BCUT2D eigenvalue weighted by molar-refractivity contribution is 5.88. The van der Waals surface area contributed by atoms with Crippen molar-refractivity contribution in [3.8, 4) is 0 Å². The van der Waals surface area contributed by atoms with Crippen LogP contribution in [0.25, 0.3) is 0 Å². The average molecular weight is 249 g/mol. The van der Waals surface area contributed by atoms with Crippen LogP contribution in [0, 0.1) is 0 Å². The molecule has 0 saturated heterocycles. The smallest absolute Gasteiger partial charge is 0.218 e. The number of nitrogens with two attached hydrogens (primary N) is 1. The summed E-state index contributed by atoms with van der Waals surface area (Å²) in [5, 5.41) is 0. The molecule has 4 nitrogen and oxygen atoms in total. The molecule has 0 atom stereocenters. The molecular weight excluding hydrogens is 233 g/mol. The quantitative estimate of drug-likeness (QED) is 0.348. The van der Waals surface area contributed by atoms with Crippen molar-refractivity contribution in [1.29, 1.82) is 0 Å². The highest BCUT2D eigenvalue weighted by atomic mass is 19.1. The first kappa shape index (κ1) is 13.9. The second-order valence-corrected chi connectivity index (χ2v) is 3.31. The summed E-state index contributed by atoms with van der Waals surface area (Å²) in [6, 6.07) is 0. The van der Waals surface area contributed by atoms with Gasteiger partial charge in [-0.05, 0) is 19.1 Å². The number of hydrazine groups is 1. The van der Waals surface area contributed by atoms with Gasteiger partial charge in [-0.2, -0.15) is 0 Å². The Hall–Kier alpha value is -2.14. The molecule has 18 heavy (non-hydrogen) atoms. The molecule has 0 saturated carbocycles. The van der Waals surface area contributed by atoms with E-state index in [-0.39, 0.29) is 11.7 Å². The maximum Gasteiger partial charge on any atom is 0.218 e. The minimum Gasteiger partial charge on any atom is -0.440 e. The number of rotatable bonds is 4. The first-order valence-electron chi connectivity index (χ1n) is 5.49. The summed E-state index contributed by atoms with van der Waals surface area (Å²) in [5.74, 6) is 5.18. The second kappa shape index (κ2) is 8.03.